The van der Waals surface area contributed by atoms with E-state index in [0.717, 1.165) is 44.1 Å². The van der Waals surface area contributed by atoms with Crippen molar-refractivity contribution in [2.24, 2.45) is 0 Å². The van der Waals surface area contributed by atoms with Crippen LogP contribution in [0.5, 0.6) is 0 Å². The first-order valence-corrected chi connectivity index (χ1v) is 13.4. The second-order valence-electron chi connectivity index (χ2n) is 10.2. The van der Waals surface area contributed by atoms with E-state index in [1.807, 2.05) is 78.3 Å². The van der Waals surface area contributed by atoms with Gasteiger partial charge in [-0.3, -0.25) is 4.79 Å². The van der Waals surface area contributed by atoms with Crippen LogP contribution >= 0.6 is 0 Å². The summed E-state index contributed by atoms with van der Waals surface area (Å²) in [7, 11) is 0. The summed E-state index contributed by atoms with van der Waals surface area (Å²) in [6.07, 6.45) is 4.60. The molecule has 2 N–H and O–H groups in total. The highest BCUT2D eigenvalue weighted by Gasteiger charge is 2.19. The van der Waals surface area contributed by atoms with Gasteiger partial charge in [-0.2, -0.15) is 0 Å². The molecule has 1 atom stereocenters. The maximum Gasteiger partial charge on any atom is 0.335 e. The first kappa shape index (κ1) is 26.0. The molecular formula is C35H27FN2O3. The summed E-state index contributed by atoms with van der Waals surface area (Å²) in [5, 5.41) is 14.1. The number of nitrogens with zero attached hydrogens (tertiary/aromatic N) is 1. The number of pyridine rings is 1. The fraction of sp³-hybridized carbons (Fsp3) is 0.0857. The second-order valence-corrected chi connectivity index (χ2v) is 10.2. The minimum Gasteiger partial charge on any atom is -0.478 e. The summed E-state index contributed by atoms with van der Waals surface area (Å²) in [4.78, 5) is 25.1. The van der Waals surface area contributed by atoms with Gasteiger partial charge >= 0.3 is 5.97 Å². The predicted molar refractivity (Wildman–Crippen MR) is 159 cm³/mol. The van der Waals surface area contributed by atoms with Crippen LogP contribution < -0.4 is 5.32 Å². The maximum absolute atomic E-state index is 13.9. The molecule has 0 fully saturated rings. The van der Waals surface area contributed by atoms with Gasteiger partial charge in [-0.15, -0.1) is 0 Å². The average Bonchev–Trinajstić information content (AvgIpc) is 3.39. The largest absolute Gasteiger partial charge is 0.478 e. The van der Waals surface area contributed by atoms with Gasteiger partial charge in [0.1, 0.15) is 5.82 Å². The van der Waals surface area contributed by atoms with Gasteiger partial charge < -0.3 is 14.8 Å². The summed E-state index contributed by atoms with van der Waals surface area (Å²) < 4.78 is 15.7. The highest BCUT2D eigenvalue weighted by Crippen LogP contribution is 2.29. The normalized spacial score (nSPS) is 12.0. The summed E-state index contributed by atoms with van der Waals surface area (Å²) in [6.45, 7) is 1.88. The Morgan fingerprint density at radius 2 is 1.59 bits per heavy atom. The van der Waals surface area contributed by atoms with Crippen molar-refractivity contribution >= 4 is 28.2 Å². The topological polar surface area (TPSA) is 70.8 Å². The number of halogens is 1. The van der Waals surface area contributed by atoms with Gasteiger partial charge in [0.05, 0.1) is 22.7 Å². The molecular weight excluding hydrogens is 515 g/mol. The number of fused-ring (bicyclic) bond motifs is 2. The number of aromatic carboxylic acids is 1. The highest BCUT2D eigenvalue weighted by molar-refractivity contribution is 6.03. The van der Waals surface area contributed by atoms with Crippen LogP contribution in [0.1, 0.15) is 50.4 Å². The molecule has 6 rings (SSSR count). The molecule has 2 heterocycles. The van der Waals surface area contributed by atoms with Crippen LogP contribution in [0.4, 0.5) is 4.39 Å². The zero-order chi connectivity index (χ0) is 28.5. The van der Waals surface area contributed by atoms with Gasteiger partial charge in [-0.1, -0.05) is 66.7 Å². The number of hydrogen-bond donors (Lipinski definition) is 2. The Morgan fingerprint density at radius 1 is 0.854 bits per heavy atom. The fourth-order valence-electron chi connectivity index (χ4n) is 5.29. The van der Waals surface area contributed by atoms with E-state index in [0.29, 0.717) is 12.0 Å². The monoisotopic (exact) mass is 542 g/mol. The SMILES string of the molecule is C[C@H](NC(=O)c1cc(-c2ccccc2)cn2ccc(Cc3ccc4cc(F)ccc4c3)c12)c1ccc(C(=O)O)cc1. The molecule has 0 bridgehead atoms. The molecule has 0 radical (unpaired) electrons. The molecule has 2 aromatic heterocycles. The van der Waals surface area contributed by atoms with Crippen LogP contribution in [-0.4, -0.2) is 21.4 Å². The van der Waals surface area contributed by atoms with Gasteiger partial charge in [0, 0.05) is 12.4 Å². The van der Waals surface area contributed by atoms with E-state index in [9.17, 15) is 19.1 Å². The van der Waals surface area contributed by atoms with Crippen LogP contribution in [-0.2, 0) is 6.42 Å². The van der Waals surface area contributed by atoms with E-state index < -0.39 is 5.97 Å². The summed E-state index contributed by atoms with van der Waals surface area (Å²) in [5.74, 6) is -1.48. The van der Waals surface area contributed by atoms with Crippen molar-refractivity contribution in [2.45, 2.75) is 19.4 Å². The molecule has 6 aromatic rings. The molecule has 4 aromatic carbocycles. The zero-order valence-electron chi connectivity index (χ0n) is 22.3. The minimum absolute atomic E-state index is 0.196. The Balaban J connectivity index is 1.38. The van der Waals surface area contributed by atoms with Crippen LogP contribution in [0, 0.1) is 5.82 Å². The summed E-state index contributed by atoms with van der Waals surface area (Å²) in [5.41, 5.74) is 6.33. The molecule has 1 amide bonds. The molecule has 0 saturated carbocycles. The first-order chi connectivity index (χ1) is 19.9. The molecule has 6 heteroatoms. The van der Waals surface area contributed by atoms with Gasteiger partial charge in [0.15, 0.2) is 0 Å². The number of benzene rings is 4. The van der Waals surface area contributed by atoms with Crippen LogP contribution in [0.15, 0.2) is 116 Å². The summed E-state index contributed by atoms with van der Waals surface area (Å²) >= 11 is 0. The Labute approximate surface area is 236 Å². The second kappa shape index (κ2) is 10.7. The lowest BCUT2D eigenvalue weighted by Gasteiger charge is -2.17. The lowest BCUT2D eigenvalue weighted by Crippen LogP contribution is -2.27. The van der Waals surface area contributed by atoms with Crippen molar-refractivity contribution in [1.82, 2.24) is 9.72 Å². The number of carbonyl (C=O) groups is 2. The number of aromatic nitrogens is 1. The van der Waals surface area contributed by atoms with Crippen molar-refractivity contribution < 1.29 is 19.1 Å². The number of carboxylic acids is 1. The van der Waals surface area contributed by atoms with Crippen LogP contribution in [0.3, 0.4) is 0 Å². The molecule has 0 unspecified atom stereocenters. The van der Waals surface area contributed by atoms with Crippen molar-refractivity contribution in [1.29, 1.82) is 0 Å². The van der Waals surface area contributed by atoms with Gasteiger partial charge in [-0.25, -0.2) is 9.18 Å². The molecule has 41 heavy (non-hydrogen) atoms. The number of carbonyl (C=O) groups excluding carboxylic acids is 1. The molecule has 0 aliphatic carbocycles. The van der Waals surface area contributed by atoms with Crippen molar-refractivity contribution in [3.05, 3.63) is 149 Å². The van der Waals surface area contributed by atoms with Gasteiger partial charge in [0.25, 0.3) is 5.91 Å². The standard InChI is InChI=1S/C35H27FN2O3/c1-22(24-9-11-26(12-10-24)35(40)41)37-34(39)32-20-30(25-5-3-2-4-6-25)21-38-16-15-29(33(32)38)18-23-7-8-28-19-31(36)14-13-27(28)17-23/h2-17,19-22H,18H2,1H3,(H,37,39)(H,40,41)/t22-/m0/s1. The highest BCUT2D eigenvalue weighted by atomic mass is 19.1. The minimum atomic E-state index is -0.993. The average molecular weight is 543 g/mol. The van der Waals surface area contributed by atoms with E-state index >= 15 is 0 Å². The third-order valence-corrected chi connectivity index (χ3v) is 7.45. The molecule has 0 spiro atoms. The zero-order valence-corrected chi connectivity index (χ0v) is 22.3. The fourth-order valence-corrected chi connectivity index (χ4v) is 5.29. The van der Waals surface area contributed by atoms with Gasteiger partial charge in [-0.05, 0) is 88.3 Å². The Kier molecular flexibility index (Phi) is 6.81. The molecule has 0 saturated heterocycles. The number of hydrogen-bond acceptors (Lipinski definition) is 2. The van der Waals surface area contributed by atoms with E-state index in [-0.39, 0.29) is 23.3 Å². The van der Waals surface area contributed by atoms with E-state index in [2.05, 4.69) is 11.4 Å². The molecule has 0 aliphatic heterocycles. The Hall–Kier alpha value is -5.23. The molecule has 202 valence electrons. The lowest BCUT2D eigenvalue weighted by atomic mass is 9.98. The smallest absolute Gasteiger partial charge is 0.335 e. The van der Waals surface area contributed by atoms with Crippen LogP contribution in [0.2, 0.25) is 0 Å². The number of nitrogens with one attached hydrogen (secondary N) is 1. The third-order valence-electron chi connectivity index (χ3n) is 7.45. The van der Waals surface area contributed by atoms with E-state index in [1.54, 1.807) is 18.2 Å². The summed E-state index contributed by atoms with van der Waals surface area (Å²) in [6, 6.07) is 30.8. The predicted octanol–water partition coefficient (Wildman–Crippen LogP) is 7.68. The lowest BCUT2D eigenvalue weighted by molar-refractivity contribution is 0.0696. The number of rotatable bonds is 7. The number of carboxylic acid groups (broad SMARTS) is 1. The third kappa shape index (κ3) is 5.32. The van der Waals surface area contributed by atoms with Crippen molar-refractivity contribution in [2.75, 3.05) is 0 Å². The molecule has 0 aliphatic rings. The maximum atomic E-state index is 13.9. The van der Waals surface area contributed by atoms with E-state index in [1.165, 1.54) is 24.3 Å². The van der Waals surface area contributed by atoms with Gasteiger partial charge in [0.2, 0.25) is 0 Å². The Morgan fingerprint density at radius 3 is 2.34 bits per heavy atom. The first-order valence-electron chi connectivity index (χ1n) is 13.4. The van der Waals surface area contributed by atoms with E-state index in [4.69, 9.17) is 0 Å². The number of amides is 1. The quantitative estimate of drug-likeness (QED) is 0.217. The van der Waals surface area contributed by atoms with Crippen molar-refractivity contribution in [3.8, 4) is 11.1 Å². The van der Waals surface area contributed by atoms with Crippen LogP contribution in [0.25, 0.3) is 27.4 Å². The Bertz CT molecular complexity index is 1910. The molecule has 5 nitrogen and oxygen atoms in total. The van der Waals surface area contributed by atoms with Crippen molar-refractivity contribution in [3.63, 3.8) is 0 Å².